The summed E-state index contributed by atoms with van der Waals surface area (Å²) in [7, 11) is 0. The fourth-order valence-corrected chi connectivity index (χ4v) is 3.28. The first-order chi connectivity index (χ1) is 13.6. The average Bonchev–Trinajstić information content (AvgIpc) is 3.20. The van der Waals surface area contributed by atoms with Crippen LogP contribution in [0.5, 0.6) is 0 Å². The van der Waals surface area contributed by atoms with E-state index in [4.69, 9.17) is 11.1 Å². The Morgan fingerprint density at radius 1 is 1.14 bits per heavy atom. The predicted molar refractivity (Wildman–Crippen MR) is 114 cm³/mol. The van der Waals surface area contributed by atoms with Gasteiger partial charge in [0.2, 0.25) is 0 Å². The molecule has 1 atom stereocenters. The molecule has 4 aromatic rings. The van der Waals surface area contributed by atoms with Crippen molar-refractivity contribution >= 4 is 28.3 Å². The van der Waals surface area contributed by atoms with Crippen LogP contribution in [0.25, 0.3) is 10.9 Å². The third-order valence-corrected chi connectivity index (χ3v) is 4.91. The number of rotatable bonds is 6. The van der Waals surface area contributed by atoms with Crippen molar-refractivity contribution in [3.05, 3.63) is 83.8 Å². The van der Waals surface area contributed by atoms with Gasteiger partial charge in [-0.1, -0.05) is 43.3 Å². The summed E-state index contributed by atoms with van der Waals surface area (Å²) in [6.07, 6.45) is 3.31. The molecule has 0 aliphatic heterocycles. The second kappa shape index (κ2) is 7.52. The summed E-state index contributed by atoms with van der Waals surface area (Å²) in [6.45, 7) is 2.83. The third-order valence-electron chi connectivity index (χ3n) is 4.91. The Morgan fingerprint density at radius 2 is 1.96 bits per heavy atom. The lowest BCUT2D eigenvalue weighted by molar-refractivity contribution is 0.800. The minimum absolute atomic E-state index is 0.288. The molecule has 140 valence electrons. The largest absolute Gasteiger partial charge is 0.383 e. The summed E-state index contributed by atoms with van der Waals surface area (Å²) in [6, 6.07) is 18.1. The summed E-state index contributed by atoms with van der Waals surface area (Å²) in [5.74, 6) is 1.16. The zero-order valence-electron chi connectivity index (χ0n) is 15.6. The topological polar surface area (TPSA) is 103 Å². The number of fused-ring (bicyclic) bond motifs is 1. The molecule has 6 nitrogen and oxygen atoms in total. The maximum absolute atomic E-state index is 8.72. The van der Waals surface area contributed by atoms with Crippen LogP contribution in [-0.2, 0) is 0 Å². The fraction of sp³-hybridized carbons (Fsp3) is 0.136. The highest BCUT2D eigenvalue weighted by atomic mass is 15.0. The minimum atomic E-state index is 0.288. The molecule has 0 aliphatic rings. The monoisotopic (exact) mass is 370 g/mol. The van der Waals surface area contributed by atoms with Gasteiger partial charge in [0, 0.05) is 29.2 Å². The first-order valence-electron chi connectivity index (χ1n) is 9.19. The van der Waals surface area contributed by atoms with Crippen molar-refractivity contribution in [2.75, 3.05) is 17.6 Å². The molecular formula is C22H22N6. The van der Waals surface area contributed by atoms with E-state index in [1.807, 2.05) is 48.7 Å². The Hall–Kier alpha value is -3.67. The zero-order valence-corrected chi connectivity index (χ0v) is 15.6. The van der Waals surface area contributed by atoms with Crippen molar-refractivity contribution in [1.29, 1.82) is 5.41 Å². The lowest BCUT2D eigenvalue weighted by Gasteiger charge is -2.17. The molecule has 0 saturated heterocycles. The minimum Gasteiger partial charge on any atom is -0.383 e. The van der Waals surface area contributed by atoms with Crippen molar-refractivity contribution in [2.24, 2.45) is 0 Å². The number of nitrogens with two attached hydrogens (primary N) is 1. The summed E-state index contributed by atoms with van der Waals surface area (Å²) < 4.78 is 0. The van der Waals surface area contributed by atoms with Gasteiger partial charge in [-0.15, -0.1) is 0 Å². The second-order valence-electron chi connectivity index (χ2n) is 6.83. The van der Waals surface area contributed by atoms with E-state index in [-0.39, 0.29) is 5.92 Å². The van der Waals surface area contributed by atoms with Gasteiger partial charge in [0.1, 0.15) is 18.0 Å². The van der Waals surface area contributed by atoms with Crippen molar-refractivity contribution in [1.82, 2.24) is 15.0 Å². The quantitative estimate of drug-likeness (QED) is 0.382. The fourth-order valence-electron chi connectivity index (χ4n) is 3.28. The van der Waals surface area contributed by atoms with E-state index in [2.05, 4.69) is 39.3 Å². The maximum Gasteiger partial charge on any atom is 0.141 e. The van der Waals surface area contributed by atoms with E-state index >= 15 is 0 Å². The van der Waals surface area contributed by atoms with Crippen LogP contribution in [0.2, 0.25) is 0 Å². The molecule has 0 radical (unpaired) electrons. The molecule has 1 unspecified atom stereocenters. The smallest absolute Gasteiger partial charge is 0.141 e. The summed E-state index contributed by atoms with van der Waals surface area (Å²) in [5, 5.41) is 13.1. The van der Waals surface area contributed by atoms with Crippen LogP contribution in [0.15, 0.2) is 67.1 Å². The number of nitrogens with zero attached hydrogens (tertiary/aromatic N) is 2. The number of aromatic amines is 1. The highest BCUT2D eigenvalue weighted by Crippen LogP contribution is 2.24. The van der Waals surface area contributed by atoms with Gasteiger partial charge in [-0.25, -0.2) is 9.97 Å². The van der Waals surface area contributed by atoms with Gasteiger partial charge in [0.25, 0.3) is 0 Å². The number of benzene rings is 2. The van der Waals surface area contributed by atoms with Gasteiger partial charge < -0.3 is 16.0 Å². The summed E-state index contributed by atoms with van der Waals surface area (Å²) in [5.41, 5.74) is 10.0. The Labute approximate surface area is 163 Å². The van der Waals surface area contributed by atoms with Gasteiger partial charge in [-0.05, 0) is 29.7 Å². The normalized spacial score (nSPS) is 12.0. The van der Waals surface area contributed by atoms with E-state index in [9.17, 15) is 0 Å². The Morgan fingerprint density at radius 3 is 2.79 bits per heavy atom. The number of nitrogens with one attached hydrogen (secondary N) is 3. The Balaban J connectivity index is 1.61. The summed E-state index contributed by atoms with van der Waals surface area (Å²) in [4.78, 5) is 11.6. The number of aromatic nitrogens is 3. The molecule has 2 aromatic carbocycles. The second-order valence-corrected chi connectivity index (χ2v) is 6.83. The lowest BCUT2D eigenvalue weighted by Crippen LogP contribution is -2.17. The molecule has 28 heavy (non-hydrogen) atoms. The number of nitrogen functional groups attached to an aromatic ring is 1. The highest BCUT2D eigenvalue weighted by molar-refractivity contribution is 6.17. The van der Waals surface area contributed by atoms with Crippen LogP contribution < -0.4 is 11.1 Å². The van der Waals surface area contributed by atoms with Gasteiger partial charge in [0.05, 0.1) is 11.3 Å². The first kappa shape index (κ1) is 17.7. The van der Waals surface area contributed by atoms with Crippen LogP contribution in [0, 0.1) is 5.41 Å². The van der Waals surface area contributed by atoms with E-state index < -0.39 is 0 Å². The third kappa shape index (κ3) is 3.44. The zero-order chi connectivity index (χ0) is 19.5. The molecule has 4 rings (SSSR count). The Kier molecular flexibility index (Phi) is 4.76. The van der Waals surface area contributed by atoms with Crippen LogP contribution in [0.4, 0.5) is 11.6 Å². The molecule has 0 fully saturated rings. The highest BCUT2D eigenvalue weighted by Gasteiger charge is 2.17. The van der Waals surface area contributed by atoms with Gasteiger partial charge in [0.15, 0.2) is 0 Å². The lowest BCUT2D eigenvalue weighted by atomic mass is 10.00. The van der Waals surface area contributed by atoms with Crippen LogP contribution in [-0.4, -0.2) is 27.2 Å². The maximum atomic E-state index is 8.72. The van der Waals surface area contributed by atoms with Crippen molar-refractivity contribution in [3.8, 4) is 0 Å². The van der Waals surface area contributed by atoms with E-state index in [1.165, 1.54) is 11.9 Å². The molecule has 0 saturated carbocycles. The SMILES string of the molecule is CC(CNc1ncnc(N)c1C(=N)c1ccc2[nH]ccc2c1)c1ccccc1. The van der Waals surface area contributed by atoms with Gasteiger partial charge in [-0.3, -0.25) is 5.41 Å². The van der Waals surface area contributed by atoms with Crippen LogP contribution >= 0.6 is 0 Å². The predicted octanol–water partition coefficient (Wildman–Crippen LogP) is 4.17. The first-order valence-corrected chi connectivity index (χ1v) is 9.19. The van der Waals surface area contributed by atoms with Crippen LogP contribution in [0.3, 0.4) is 0 Å². The van der Waals surface area contributed by atoms with E-state index in [0.29, 0.717) is 29.5 Å². The molecule has 0 amide bonds. The van der Waals surface area contributed by atoms with Gasteiger partial charge >= 0.3 is 0 Å². The number of hydrogen-bond donors (Lipinski definition) is 4. The molecule has 0 aliphatic carbocycles. The number of H-pyrrole nitrogens is 1. The molecule has 0 bridgehead atoms. The van der Waals surface area contributed by atoms with E-state index in [1.54, 1.807) is 0 Å². The van der Waals surface area contributed by atoms with Crippen molar-refractivity contribution < 1.29 is 0 Å². The Bertz CT molecular complexity index is 1120. The molecule has 6 heteroatoms. The van der Waals surface area contributed by atoms with Crippen LogP contribution in [0.1, 0.15) is 29.5 Å². The molecule has 5 N–H and O–H groups in total. The molecular weight excluding hydrogens is 348 g/mol. The standard InChI is InChI=1S/C22H22N6/c1-14(15-5-3-2-4-6-15)12-26-22-19(21(24)27-13-28-22)20(23)17-7-8-18-16(11-17)9-10-25-18/h2-11,13-14,23,25H,12H2,1H3,(H3,24,26,27,28). The number of anilines is 2. The average molecular weight is 370 g/mol. The van der Waals surface area contributed by atoms with Crippen molar-refractivity contribution in [3.63, 3.8) is 0 Å². The molecule has 2 aromatic heterocycles. The molecule has 2 heterocycles. The van der Waals surface area contributed by atoms with Crippen molar-refractivity contribution in [2.45, 2.75) is 12.8 Å². The van der Waals surface area contributed by atoms with E-state index in [0.717, 1.165) is 16.5 Å². The number of hydrogen-bond acceptors (Lipinski definition) is 5. The summed E-state index contributed by atoms with van der Waals surface area (Å²) >= 11 is 0. The van der Waals surface area contributed by atoms with Gasteiger partial charge in [-0.2, -0.15) is 0 Å². The molecule has 0 spiro atoms.